The number of carbonyl (C=O) groups is 1. The number of hydrogen-bond donors (Lipinski definition) is 0. The SMILES string of the molecule is O=C(c1c(Cl)cccc1[N+](=O)[O-])N(CCCBr)C1CCC1. The number of carbonyl (C=O) groups excluding carboxylic acids is 1. The second kappa shape index (κ2) is 7.22. The van der Waals surface area contributed by atoms with Crippen LogP contribution in [0.15, 0.2) is 18.2 Å². The van der Waals surface area contributed by atoms with Gasteiger partial charge in [0.25, 0.3) is 11.6 Å². The highest BCUT2D eigenvalue weighted by Gasteiger charge is 2.33. The van der Waals surface area contributed by atoms with E-state index in [1.165, 1.54) is 18.2 Å². The van der Waals surface area contributed by atoms with Crippen molar-refractivity contribution in [2.24, 2.45) is 0 Å². The summed E-state index contributed by atoms with van der Waals surface area (Å²) in [6, 6.07) is 4.50. The van der Waals surface area contributed by atoms with Crippen LogP contribution in [0.4, 0.5) is 5.69 Å². The fourth-order valence-electron chi connectivity index (χ4n) is 2.40. The van der Waals surface area contributed by atoms with Gasteiger partial charge >= 0.3 is 0 Å². The summed E-state index contributed by atoms with van der Waals surface area (Å²) in [7, 11) is 0. The van der Waals surface area contributed by atoms with Gasteiger partial charge in [-0.2, -0.15) is 0 Å². The molecule has 1 aliphatic rings. The smallest absolute Gasteiger partial charge is 0.283 e. The van der Waals surface area contributed by atoms with Crippen molar-refractivity contribution in [2.45, 2.75) is 31.7 Å². The lowest BCUT2D eigenvalue weighted by Gasteiger charge is -2.37. The maximum absolute atomic E-state index is 12.8. The molecule has 2 rings (SSSR count). The number of nitrogens with zero attached hydrogens (tertiary/aromatic N) is 2. The normalized spacial score (nSPS) is 14.6. The van der Waals surface area contributed by atoms with E-state index in [2.05, 4.69) is 15.9 Å². The first-order chi connectivity index (χ1) is 10.1. The molecule has 1 fully saturated rings. The predicted molar refractivity (Wildman–Crippen MR) is 85.2 cm³/mol. The van der Waals surface area contributed by atoms with Crippen LogP contribution in [0.25, 0.3) is 0 Å². The number of benzene rings is 1. The van der Waals surface area contributed by atoms with E-state index < -0.39 is 4.92 Å². The Morgan fingerprint density at radius 2 is 2.19 bits per heavy atom. The summed E-state index contributed by atoms with van der Waals surface area (Å²) in [5.74, 6) is -0.335. The van der Waals surface area contributed by atoms with Crippen molar-refractivity contribution in [3.63, 3.8) is 0 Å². The molecule has 0 spiro atoms. The second-order valence-electron chi connectivity index (χ2n) is 5.02. The van der Waals surface area contributed by atoms with E-state index in [-0.39, 0.29) is 28.2 Å². The zero-order chi connectivity index (χ0) is 15.4. The molecule has 1 aromatic rings. The second-order valence-corrected chi connectivity index (χ2v) is 6.22. The number of halogens is 2. The molecule has 0 radical (unpaired) electrons. The Labute approximate surface area is 136 Å². The molecule has 1 aromatic carbocycles. The molecule has 5 nitrogen and oxygen atoms in total. The first-order valence-electron chi connectivity index (χ1n) is 6.86. The van der Waals surface area contributed by atoms with Gasteiger partial charge in [0.1, 0.15) is 5.56 Å². The van der Waals surface area contributed by atoms with E-state index in [0.29, 0.717) is 6.54 Å². The average molecular weight is 376 g/mol. The maximum atomic E-state index is 12.8. The number of alkyl halides is 1. The minimum Gasteiger partial charge on any atom is -0.335 e. The van der Waals surface area contributed by atoms with E-state index in [1.807, 2.05) is 0 Å². The summed E-state index contributed by atoms with van der Waals surface area (Å²) >= 11 is 9.40. The van der Waals surface area contributed by atoms with E-state index in [4.69, 9.17) is 11.6 Å². The molecule has 1 saturated carbocycles. The molecule has 21 heavy (non-hydrogen) atoms. The highest BCUT2D eigenvalue weighted by molar-refractivity contribution is 9.09. The number of nitro benzene ring substituents is 1. The quantitative estimate of drug-likeness (QED) is 0.428. The number of rotatable bonds is 6. The zero-order valence-electron chi connectivity index (χ0n) is 11.4. The molecule has 0 aromatic heterocycles. The number of amides is 1. The van der Waals surface area contributed by atoms with Crippen molar-refractivity contribution in [3.8, 4) is 0 Å². The monoisotopic (exact) mass is 374 g/mol. The third-order valence-corrected chi connectivity index (χ3v) is 4.59. The Balaban J connectivity index is 2.33. The summed E-state index contributed by atoms with van der Waals surface area (Å²) in [4.78, 5) is 25.1. The lowest BCUT2D eigenvalue weighted by atomic mass is 9.90. The van der Waals surface area contributed by atoms with Crippen LogP contribution in [0.1, 0.15) is 36.0 Å². The Morgan fingerprint density at radius 1 is 1.48 bits per heavy atom. The highest BCUT2D eigenvalue weighted by atomic mass is 79.9. The molecular weight excluding hydrogens is 360 g/mol. The average Bonchev–Trinajstić information content (AvgIpc) is 2.40. The van der Waals surface area contributed by atoms with Gasteiger partial charge in [-0.05, 0) is 31.7 Å². The predicted octanol–water partition coefficient (Wildman–Crippen LogP) is 4.03. The van der Waals surface area contributed by atoms with E-state index in [9.17, 15) is 14.9 Å². The standard InChI is InChI=1S/C14H16BrClN2O3/c15-8-3-9-17(10-4-1-5-10)14(19)13-11(16)6-2-7-12(13)18(20)21/h2,6-7,10H,1,3-5,8-9H2. The van der Waals surface area contributed by atoms with E-state index in [1.54, 1.807) is 4.90 Å². The van der Waals surface area contributed by atoms with Gasteiger partial charge in [0.15, 0.2) is 0 Å². The molecule has 0 atom stereocenters. The summed E-state index contributed by atoms with van der Waals surface area (Å²) < 4.78 is 0. The first kappa shape index (κ1) is 16.2. The molecular formula is C14H16BrClN2O3. The summed E-state index contributed by atoms with van der Waals surface area (Å²) in [5.41, 5.74) is -0.221. The topological polar surface area (TPSA) is 63.4 Å². The van der Waals surface area contributed by atoms with Gasteiger partial charge in [-0.25, -0.2) is 0 Å². The Hall–Kier alpha value is -1.14. The maximum Gasteiger partial charge on any atom is 0.283 e. The minimum atomic E-state index is -0.553. The fraction of sp³-hybridized carbons (Fsp3) is 0.500. The van der Waals surface area contributed by atoms with Crippen molar-refractivity contribution in [1.29, 1.82) is 0 Å². The minimum absolute atomic E-state index is 0.00522. The van der Waals surface area contributed by atoms with Crippen LogP contribution in [0.3, 0.4) is 0 Å². The number of nitro groups is 1. The number of hydrogen-bond acceptors (Lipinski definition) is 3. The molecule has 7 heteroatoms. The highest BCUT2D eigenvalue weighted by Crippen LogP contribution is 2.32. The van der Waals surface area contributed by atoms with Crippen molar-refractivity contribution in [3.05, 3.63) is 38.9 Å². The van der Waals surface area contributed by atoms with Gasteiger partial charge in [0.05, 0.1) is 9.95 Å². The zero-order valence-corrected chi connectivity index (χ0v) is 13.8. The molecule has 0 heterocycles. The first-order valence-corrected chi connectivity index (χ1v) is 8.36. The Morgan fingerprint density at radius 3 is 2.71 bits per heavy atom. The van der Waals surface area contributed by atoms with Crippen molar-refractivity contribution in [1.82, 2.24) is 4.90 Å². The lowest BCUT2D eigenvalue weighted by molar-refractivity contribution is -0.385. The third-order valence-electron chi connectivity index (χ3n) is 3.71. The molecule has 1 aliphatic carbocycles. The van der Waals surface area contributed by atoms with Gasteiger partial charge in [0.2, 0.25) is 0 Å². The molecule has 0 saturated heterocycles. The largest absolute Gasteiger partial charge is 0.335 e. The molecule has 0 aliphatic heterocycles. The molecule has 0 bridgehead atoms. The Kier molecular flexibility index (Phi) is 5.58. The van der Waals surface area contributed by atoms with Crippen LogP contribution in [-0.2, 0) is 0 Å². The molecule has 0 unspecified atom stereocenters. The van der Waals surface area contributed by atoms with Crippen molar-refractivity contribution < 1.29 is 9.72 Å². The third kappa shape index (κ3) is 3.55. The van der Waals surface area contributed by atoms with E-state index in [0.717, 1.165) is 31.0 Å². The van der Waals surface area contributed by atoms with Gasteiger partial charge in [-0.15, -0.1) is 0 Å². The molecule has 1 amide bonds. The van der Waals surface area contributed by atoms with Gasteiger partial charge in [0, 0.05) is 24.0 Å². The van der Waals surface area contributed by atoms with Crippen LogP contribution in [0.5, 0.6) is 0 Å². The summed E-state index contributed by atoms with van der Waals surface area (Å²) in [5, 5.41) is 12.1. The van der Waals surface area contributed by atoms with Crippen molar-refractivity contribution >= 4 is 39.1 Å². The summed E-state index contributed by atoms with van der Waals surface area (Å²) in [6.45, 7) is 0.580. The molecule has 0 N–H and O–H groups in total. The van der Waals surface area contributed by atoms with Crippen molar-refractivity contribution in [2.75, 3.05) is 11.9 Å². The lowest BCUT2D eigenvalue weighted by Crippen LogP contribution is -2.45. The van der Waals surface area contributed by atoms with E-state index >= 15 is 0 Å². The van der Waals surface area contributed by atoms with Gasteiger partial charge in [-0.1, -0.05) is 33.6 Å². The van der Waals surface area contributed by atoms with Crippen LogP contribution in [0, 0.1) is 10.1 Å². The van der Waals surface area contributed by atoms with Gasteiger partial charge < -0.3 is 4.90 Å². The van der Waals surface area contributed by atoms with Crippen LogP contribution in [0.2, 0.25) is 5.02 Å². The fourth-order valence-corrected chi connectivity index (χ4v) is 2.90. The van der Waals surface area contributed by atoms with Crippen LogP contribution < -0.4 is 0 Å². The van der Waals surface area contributed by atoms with Crippen LogP contribution in [-0.4, -0.2) is 33.6 Å². The molecule has 114 valence electrons. The van der Waals surface area contributed by atoms with Crippen LogP contribution >= 0.6 is 27.5 Å². The van der Waals surface area contributed by atoms with Gasteiger partial charge in [-0.3, -0.25) is 14.9 Å². The Bertz CT molecular complexity index is 549. The summed E-state index contributed by atoms with van der Waals surface area (Å²) in [6.07, 6.45) is 3.80.